The lowest BCUT2D eigenvalue weighted by atomic mass is 9.94. The van der Waals surface area contributed by atoms with E-state index in [4.69, 9.17) is 4.74 Å². The molecule has 1 heterocycles. The normalized spacial score (nSPS) is 19.9. The van der Waals surface area contributed by atoms with Gasteiger partial charge in [0.2, 0.25) is 0 Å². The maximum absolute atomic E-state index is 13.1. The largest absolute Gasteiger partial charge is 0.496 e. The van der Waals surface area contributed by atoms with E-state index in [-0.39, 0.29) is 23.4 Å². The fraction of sp³-hybridized carbons (Fsp3) is 0.474. The van der Waals surface area contributed by atoms with E-state index in [9.17, 15) is 13.2 Å². The molecular formula is C19H25N3O4S. The second-order valence-electron chi connectivity index (χ2n) is 6.86. The second-order valence-corrected chi connectivity index (χ2v) is 8.49. The number of carbonyl (C=O) groups is 1. The highest BCUT2D eigenvalue weighted by molar-refractivity contribution is 7.88. The van der Waals surface area contributed by atoms with Gasteiger partial charge >= 0.3 is 10.2 Å². The zero-order valence-corrected chi connectivity index (χ0v) is 16.7. The van der Waals surface area contributed by atoms with E-state index >= 15 is 0 Å². The molecule has 0 unspecified atom stereocenters. The van der Waals surface area contributed by atoms with Crippen molar-refractivity contribution < 1.29 is 17.9 Å². The van der Waals surface area contributed by atoms with Crippen molar-refractivity contribution in [3.8, 4) is 5.75 Å². The lowest BCUT2D eigenvalue weighted by Crippen LogP contribution is -2.44. The summed E-state index contributed by atoms with van der Waals surface area (Å²) in [6.07, 6.45) is 6.77. The van der Waals surface area contributed by atoms with E-state index in [1.54, 1.807) is 36.2 Å². The topological polar surface area (TPSA) is 79.3 Å². The number of nitrogens with zero attached hydrogens (tertiary/aromatic N) is 3. The average molecular weight is 391 g/mol. The van der Waals surface area contributed by atoms with Gasteiger partial charge in [0, 0.05) is 25.7 Å². The Morgan fingerprint density at radius 3 is 2.56 bits per heavy atom. The van der Waals surface area contributed by atoms with Crippen LogP contribution in [0.1, 0.15) is 37.7 Å². The molecule has 0 N–H and O–H groups in total. The van der Waals surface area contributed by atoms with Gasteiger partial charge in [-0.3, -0.25) is 4.79 Å². The minimum Gasteiger partial charge on any atom is -0.496 e. The van der Waals surface area contributed by atoms with Gasteiger partial charge in [-0.05, 0) is 31.1 Å². The molecular weight excluding hydrogens is 366 g/mol. The quantitative estimate of drug-likeness (QED) is 0.789. The van der Waals surface area contributed by atoms with Crippen molar-refractivity contribution in [2.45, 2.75) is 38.1 Å². The van der Waals surface area contributed by atoms with Crippen LogP contribution in [0.3, 0.4) is 0 Å². The number of amides is 1. The van der Waals surface area contributed by atoms with Crippen molar-refractivity contribution in [1.82, 2.24) is 9.21 Å². The van der Waals surface area contributed by atoms with Crippen molar-refractivity contribution in [2.75, 3.05) is 21.2 Å². The summed E-state index contributed by atoms with van der Waals surface area (Å²) >= 11 is 0. The van der Waals surface area contributed by atoms with Gasteiger partial charge in [-0.2, -0.15) is 8.42 Å². The first kappa shape index (κ1) is 19.4. The van der Waals surface area contributed by atoms with Crippen LogP contribution in [0.4, 0.5) is 0 Å². The first-order valence-electron chi connectivity index (χ1n) is 9.06. The predicted molar refractivity (Wildman–Crippen MR) is 104 cm³/mol. The summed E-state index contributed by atoms with van der Waals surface area (Å²) in [7, 11) is 0.619. The number of hydrogen-bond donors (Lipinski definition) is 0. The Morgan fingerprint density at radius 2 is 1.89 bits per heavy atom. The van der Waals surface area contributed by atoms with E-state index in [1.807, 2.05) is 0 Å². The number of methoxy groups -OCH3 is 1. The fourth-order valence-corrected chi connectivity index (χ4v) is 4.45. The van der Waals surface area contributed by atoms with Gasteiger partial charge in [-0.1, -0.05) is 31.4 Å². The van der Waals surface area contributed by atoms with Crippen LogP contribution in [0.25, 0.3) is 0 Å². The van der Waals surface area contributed by atoms with E-state index in [1.165, 1.54) is 26.7 Å². The molecule has 1 aliphatic heterocycles. The molecule has 1 saturated carbocycles. The summed E-state index contributed by atoms with van der Waals surface area (Å²) in [5.74, 6) is 0.190. The number of rotatable bonds is 4. The number of carbonyl (C=O) groups excluding carboxylic acids is 1. The number of para-hydroxylation sites is 1. The third-order valence-electron chi connectivity index (χ3n) is 5.22. The van der Waals surface area contributed by atoms with Gasteiger partial charge in [0.05, 0.1) is 12.8 Å². The molecule has 7 nitrogen and oxygen atoms in total. The second kappa shape index (κ2) is 7.72. The molecule has 2 aliphatic rings. The Balaban J connectivity index is 1.99. The van der Waals surface area contributed by atoms with Crippen LogP contribution in [-0.2, 0) is 15.0 Å². The van der Waals surface area contributed by atoms with E-state index in [0.717, 1.165) is 30.0 Å². The molecule has 146 valence electrons. The minimum atomic E-state index is -3.99. The molecule has 0 atom stereocenters. The highest BCUT2D eigenvalue weighted by atomic mass is 32.2. The molecule has 1 fully saturated rings. The summed E-state index contributed by atoms with van der Waals surface area (Å²) < 4.78 is 35.3. The number of hydrogen-bond acceptors (Lipinski definition) is 4. The fourth-order valence-electron chi connectivity index (χ4n) is 3.55. The molecule has 0 aromatic heterocycles. The first-order chi connectivity index (χ1) is 12.8. The van der Waals surface area contributed by atoms with Crippen LogP contribution in [-0.4, -0.2) is 56.5 Å². The highest BCUT2D eigenvalue weighted by Gasteiger charge is 2.34. The third-order valence-corrected chi connectivity index (χ3v) is 6.53. The Bertz CT molecular complexity index is 886. The Labute approximate surface area is 160 Å². The number of likely N-dealkylation sites (N-methyl/N-ethyl adjacent to an activating group) is 2. The van der Waals surface area contributed by atoms with Crippen molar-refractivity contribution in [3.05, 3.63) is 41.6 Å². The highest BCUT2D eigenvalue weighted by Crippen LogP contribution is 2.28. The van der Waals surface area contributed by atoms with Crippen LogP contribution in [0.2, 0.25) is 0 Å². The van der Waals surface area contributed by atoms with Crippen LogP contribution in [0.15, 0.2) is 40.4 Å². The van der Waals surface area contributed by atoms with Gasteiger partial charge < -0.3 is 9.64 Å². The van der Waals surface area contributed by atoms with Crippen molar-refractivity contribution in [2.24, 2.45) is 4.40 Å². The molecule has 1 aliphatic carbocycles. The first-order valence-corrected chi connectivity index (χ1v) is 10.5. The molecule has 1 aromatic rings. The molecule has 1 aromatic carbocycles. The number of benzene rings is 1. The lowest BCUT2D eigenvalue weighted by molar-refractivity contribution is -0.129. The monoisotopic (exact) mass is 391 g/mol. The zero-order valence-electron chi connectivity index (χ0n) is 15.9. The lowest BCUT2D eigenvalue weighted by Gasteiger charge is -2.34. The van der Waals surface area contributed by atoms with Crippen LogP contribution in [0, 0.1) is 0 Å². The smallest absolute Gasteiger partial charge is 0.345 e. The van der Waals surface area contributed by atoms with Crippen LogP contribution in [0.5, 0.6) is 5.75 Å². The Kier molecular flexibility index (Phi) is 5.55. The SMILES string of the molecule is COc1ccccc1C1=NS(=O)(=O)N(C)C(C(=O)N(C)C2CCCCC2)=C1. The summed E-state index contributed by atoms with van der Waals surface area (Å²) in [6, 6.07) is 7.15. The van der Waals surface area contributed by atoms with E-state index in [0.29, 0.717) is 11.3 Å². The minimum absolute atomic E-state index is 0.0963. The molecule has 8 heteroatoms. The van der Waals surface area contributed by atoms with Gasteiger partial charge in [0.15, 0.2) is 0 Å². The molecule has 0 bridgehead atoms. The summed E-state index contributed by atoms with van der Waals surface area (Å²) in [4.78, 5) is 14.8. The molecule has 27 heavy (non-hydrogen) atoms. The van der Waals surface area contributed by atoms with E-state index < -0.39 is 10.2 Å². The maximum Gasteiger partial charge on any atom is 0.345 e. The van der Waals surface area contributed by atoms with Crippen molar-refractivity contribution in [3.63, 3.8) is 0 Å². The predicted octanol–water partition coefficient (Wildman–Crippen LogP) is 2.35. The number of allylic oxidation sites excluding steroid dienone is 1. The molecule has 0 spiro atoms. The van der Waals surface area contributed by atoms with Crippen LogP contribution >= 0.6 is 0 Å². The van der Waals surface area contributed by atoms with Crippen molar-refractivity contribution in [1.29, 1.82) is 0 Å². The molecule has 3 rings (SSSR count). The molecule has 1 amide bonds. The van der Waals surface area contributed by atoms with Gasteiger partial charge in [-0.25, -0.2) is 4.31 Å². The Hall–Kier alpha value is -2.35. The summed E-state index contributed by atoms with van der Waals surface area (Å²) in [5, 5.41) is 0. The number of ether oxygens (including phenoxy) is 1. The zero-order chi connectivity index (χ0) is 19.6. The average Bonchev–Trinajstić information content (AvgIpc) is 2.69. The van der Waals surface area contributed by atoms with Crippen LogP contribution < -0.4 is 4.74 Å². The summed E-state index contributed by atoms with van der Waals surface area (Å²) in [5.41, 5.74) is 0.826. The third kappa shape index (κ3) is 3.85. The molecule has 0 saturated heterocycles. The van der Waals surface area contributed by atoms with Crippen molar-refractivity contribution >= 4 is 21.8 Å². The van der Waals surface area contributed by atoms with E-state index in [2.05, 4.69) is 4.40 Å². The standard InChI is InChI=1S/C19H25N3O4S/c1-21(14-9-5-4-6-10-14)19(23)17-13-16(20-27(24,25)22(17)2)15-11-7-8-12-18(15)26-3/h7-8,11-14H,4-6,9-10H2,1-3H3. The van der Waals surface area contributed by atoms with Gasteiger partial charge in [0.1, 0.15) is 11.4 Å². The van der Waals surface area contributed by atoms with Gasteiger partial charge in [0.25, 0.3) is 5.91 Å². The summed E-state index contributed by atoms with van der Waals surface area (Å²) in [6.45, 7) is 0. The molecule has 0 radical (unpaired) electrons. The maximum atomic E-state index is 13.1. The van der Waals surface area contributed by atoms with Gasteiger partial charge in [-0.15, -0.1) is 4.40 Å². The Morgan fingerprint density at radius 1 is 1.22 bits per heavy atom.